The maximum Gasteiger partial charge on any atom is 0.0674 e. The van der Waals surface area contributed by atoms with Crippen molar-refractivity contribution in [2.24, 2.45) is 5.10 Å². The summed E-state index contributed by atoms with van der Waals surface area (Å²) in [6, 6.07) is 0. The van der Waals surface area contributed by atoms with Crippen molar-refractivity contribution in [2.45, 2.75) is 32.6 Å². The van der Waals surface area contributed by atoms with E-state index in [2.05, 4.69) is 17.3 Å². The molecule has 1 aliphatic heterocycles. The maximum absolute atomic E-state index is 8.51. The van der Waals surface area contributed by atoms with Crippen LogP contribution in [0.3, 0.4) is 0 Å². The molecule has 0 unspecified atom stereocenters. The second-order valence-electron chi connectivity index (χ2n) is 3.14. The van der Waals surface area contributed by atoms with E-state index in [0.717, 1.165) is 37.9 Å². The Labute approximate surface area is 78.7 Å². The van der Waals surface area contributed by atoms with Gasteiger partial charge in [0.15, 0.2) is 0 Å². The van der Waals surface area contributed by atoms with Crippen LogP contribution < -0.4 is 10.9 Å². The first kappa shape index (κ1) is 10.1. The second-order valence-corrected chi connectivity index (χ2v) is 3.14. The molecule has 0 spiro atoms. The fourth-order valence-corrected chi connectivity index (χ4v) is 1.46. The number of hydrogen-bond acceptors (Lipinski definition) is 4. The minimum atomic E-state index is 0.904. The zero-order valence-corrected chi connectivity index (χ0v) is 8.01. The monoisotopic (exact) mass is 183 g/mol. The molecule has 0 amide bonds. The smallest absolute Gasteiger partial charge is 0.0674 e. The molecule has 13 heavy (non-hydrogen) atoms. The summed E-state index contributed by atoms with van der Waals surface area (Å²) in [5, 5.41) is 15.5. The molecule has 0 saturated heterocycles. The van der Waals surface area contributed by atoms with Crippen LogP contribution in [0.15, 0.2) is 16.9 Å². The minimum absolute atomic E-state index is 0.904. The lowest BCUT2D eigenvalue weighted by Crippen LogP contribution is -2.19. The van der Waals surface area contributed by atoms with Crippen LogP contribution in [-0.4, -0.2) is 17.5 Å². The summed E-state index contributed by atoms with van der Waals surface area (Å²) in [5.41, 5.74) is 4.03. The standard InChI is InChI=1S/C9H17N3O/c1-2-4-9(11-12-13)8-5-3-6-10-7-8/h7,10,12-13H,2-6H2,1H3/b11-9+. The number of rotatable bonds is 4. The molecular weight excluding hydrogens is 166 g/mol. The van der Waals surface area contributed by atoms with Crippen molar-refractivity contribution in [1.29, 1.82) is 0 Å². The van der Waals surface area contributed by atoms with Gasteiger partial charge in [-0.1, -0.05) is 13.3 Å². The Balaban J connectivity index is 2.62. The SMILES string of the molecule is CCC/C(=N\NO)C1=CNCCC1. The van der Waals surface area contributed by atoms with Gasteiger partial charge in [-0.2, -0.15) is 10.7 Å². The molecule has 0 fully saturated rings. The summed E-state index contributed by atoms with van der Waals surface area (Å²) >= 11 is 0. The Morgan fingerprint density at radius 1 is 1.77 bits per heavy atom. The molecule has 0 atom stereocenters. The van der Waals surface area contributed by atoms with Crippen LogP contribution in [-0.2, 0) is 0 Å². The van der Waals surface area contributed by atoms with Crippen LogP contribution in [0.1, 0.15) is 32.6 Å². The van der Waals surface area contributed by atoms with Crippen LogP contribution in [0.2, 0.25) is 0 Å². The lowest BCUT2D eigenvalue weighted by atomic mass is 10.0. The molecule has 0 aromatic heterocycles. The number of hydrazone groups is 1. The molecule has 1 heterocycles. The first-order chi connectivity index (χ1) is 6.38. The molecule has 1 aliphatic rings. The highest BCUT2D eigenvalue weighted by atomic mass is 16.5. The average Bonchev–Trinajstić information content (AvgIpc) is 2.19. The first-order valence-electron chi connectivity index (χ1n) is 4.77. The molecule has 0 radical (unpaired) electrons. The molecule has 4 nitrogen and oxygen atoms in total. The maximum atomic E-state index is 8.51. The van der Waals surface area contributed by atoms with Crippen molar-refractivity contribution in [2.75, 3.05) is 6.54 Å². The Hall–Kier alpha value is -1.03. The van der Waals surface area contributed by atoms with Gasteiger partial charge in [0, 0.05) is 12.7 Å². The van der Waals surface area contributed by atoms with Crippen molar-refractivity contribution >= 4 is 5.71 Å². The Morgan fingerprint density at radius 2 is 2.62 bits per heavy atom. The van der Waals surface area contributed by atoms with Gasteiger partial charge in [-0.3, -0.25) is 5.21 Å². The summed E-state index contributed by atoms with van der Waals surface area (Å²) in [5.74, 6) is 0. The van der Waals surface area contributed by atoms with Crippen molar-refractivity contribution in [3.8, 4) is 0 Å². The summed E-state index contributed by atoms with van der Waals surface area (Å²) < 4.78 is 0. The Kier molecular flexibility index (Phi) is 4.32. The highest BCUT2D eigenvalue weighted by Gasteiger charge is 2.09. The second kappa shape index (κ2) is 5.59. The van der Waals surface area contributed by atoms with E-state index < -0.39 is 0 Å². The van der Waals surface area contributed by atoms with Crippen molar-refractivity contribution < 1.29 is 5.21 Å². The van der Waals surface area contributed by atoms with Gasteiger partial charge in [0.2, 0.25) is 0 Å². The highest BCUT2D eigenvalue weighted by Crippen LogP contribution is 2.13. The average molecular weight is 183 g/mol. The zero-order chi connectivity index (χ0) is 9.52. The van der Waals surface area contributed by atoms with Gasteiger partial charge in [-0.05, 0) is 24.8 Å². The molecule has 4 heteroatoms. The third-order valence-corrected chi connectivity index (χ3v) is 2.09. The van der Waals surface area contributed by atoms with E-state index in [1.165, 1.54) is 5.57 Å². The van der Waals surface area contributed by atoms with Crippen molar-refractivity contribution in [1.82, 2.24) is 10.9 Å². The van der Waals surface area contributed by atoms with Crippen LogP contribution >= 0.6 is 0 Å². The normalized spacial score (nSPS) is 17.7. The van der Waals surface area contributed by atoms with Crippen LogP contribution in [0, 0.1) is 0 Å². The summed E-state index contributed by atoms with van der Waals surface area (Å²) in [7, 11) is 0. The molecule has 74 valence electrons. The molecule has 0 saturated carbocycles. The van der Waals surface area contributed by atoms with Crippen molar-refractivity contribution in [3.05, 3.63) is 11.8 Å². The molecule has 1 rings (SSSR count). The topological polar surface area (TPSA) is 56.7 Å². The molecule has 0 aliphatic carbocycles. The van der Waals surface area contributed by atoms with E-state index in [1.807, 2.05) is 11.8 Å². The molecule has 3 N–H and O–H groups in total. The summed E-state index contributed by atoms with van der Waals surface area (Å²) in [4.78, 5) is 0. The summed E-state index contributed by atoms with van der Waals surface area (Å²) in [6.45, 7) is 3.14. The van der Waals surface area contributed by atoms with Gasteiger partial charge in [-0.15, -0.1) is 0 Å². The van der Waals surface area contributed by atoms with E-state index in [-0.39, 0.29) is 0 Å². The summed E-state index contributed by atoms with van der Waals surface area (Å²) in [6.07, 6.45) is 6.13. The van der Waals surface area contributed by atoms with E-state index >= 15 is 0 Å². The van der Waals surface area contributed by atoms with E-state index in [9.17, 15) is 0 Å². The van der Waals surface area contributed by atoms with Gasteiger partial charge in [0.1, 0.15) is 0 Å². The predicted molar refractivity (Wildman–Crippen MR) is 52.6 cm³/mol. The first-order valence-corrected chi connectivity index (χ1v) is 4.77. The van der Waals surface area contributed by atoms with E-state index in [1.54, 1.807) is 0 Å². The van der Waals surface area contributed by atoms with Crippen molar-refractivity contribution in [3.63, 3.8) is 0 Å². The van der Waals surface area contributed by atoms with Crippen LogP contribution in [0.25, 0.3) is 0 Å². The Bertz CT molecular complexity index is 211. The quantitative estimate of drug-likeness (QED) is 0.456. The van der Waals surface area contributed by atoms with Gasteiger partial charge in [-0.25, -0.2) is 0 Å². The lowest BCUT2D eigenvalue weighted by Gasteiger charge is -2.15. The predicted octanol–water partition coefficient (Wildman–Crippen LogP) is 1.39. The van der Waals surface area contributed by atoms with Crippen LogP contribution in [0.5, 0.6) is 0 Å². The fourth-order valence-electron chi connectivity index (χ4n) is 1.46. The number of allylic oxidation sites excluding steroid dienone is 1. The number of hydrogen-bond donors (Lipinski definition) is 3. The fraction of sp³-hybridized carbons (Fsp3) is 0.667. The van der Waals surface area contributed by atoms with E-state index in [0.29, 0.717) is 0 Å². The molecular formula is C9H17N3O. The zero-order valence-electron chi connectivity index (χ0n) is 8.01. The molecule has 0 aromatic carbocycles. The van der Waals surface area contributed by atoms with E-state index in [4.69, 9.17) is 5.21 Å². The highest BCUT2D eigenvalue weighted by molar-refractivity contribution is 5.99. The lowest BCUT2D eigenvalue weighted by molar-refractivity contribution is 0.171. The largest absolute Gasteiger partial charge is 0.391 e. The van der Waals surface area contributed by atoms with Gasteiger partial charge in [0.25, 0.3) is 0 Å². The number of nitrogens with zero attached hydrogens (tertiary/aromatic N) is 1. The molecule has 0 aromatic rings. The van der Waals surface area contributed by atoms with Gasteiger partial charge in [0.05, 0.1) is 5.71 Å². The number of nitrogens with one attached hydrogen (secondary N) is 2. The Morgan fingerprint density at radius 3 is 3.15 bits per heavy atom. The van der Waals surface area contributed by atoms with Gasteiger partial charge < -0.3 is 5.32 Å². The van der Waals surface area contributed by atoms with Gasteiger partial charge >= 0.3 is 0 Å². The third kappa shape index (κ3) is 3.06. The van der Waals surface area contributed by atoms with Crippen LogP contribution in [0.4, 0.5) is 0 Å². The third-order valence-electron chi connectivity index (χ3n) is 2.09. The molecule has 0 bridgehead atoms. The minimum Gasteiger partial charge on any atom is -0.391 e.